The summed E-state index contributed by atoms with van der Waals surface area (Å²) in [5, 5.41) is 5.15. The van der Waals surface area contributed by atoms with Crippen LogP contribution in [-0.4, -0.2) is 0 Å². The molecule has 0 aliphatic heterocycles. The van der Waals surface area contributed by atoms with E-state index in [2.05, 4.69) is 66.7 Å². The van der Waals surface area contributed by atoms with Crippen LogP contribution >= 0.6 is 0 Å². The van der Waals surface area contributed by atoms with Gasteiger partial charge in [0, 0.05) is 5.69 Å². The van der Waals surface area contributed by atoms with Crippen molar-refractivity contribution in [1.82, 2.24) is 0 Å². The zero-order valence-corrected chi connectivity index (χ0v) is 11.6. The standard InChI is InChI=1S/C20H15N/c21-16-11-8-15(9-12-16)18-6-3-7-19-17-5-2-1-4-14(17)10-13-20(18)19/h1-13H,21H2. The fourth-order valence-corrected chi connectivity index (χ4v) is 2.95. The molecular weight excluding hydrogens is 254 g/mol. The third-order valence-corrected chi connectivity index (χ3v) is 4.01. The van der Waals surface area contributed by atoms with Crippen LogP contribution in [0.2, 0.25) is 0 Å². The third kappa shape index (κ3) is 1.95. The number of fused-ring (bicyclic) bond motifs is 3. The Morgan fingerprint density at radius 3 is 2.14 bits per heavy atom. The zero-order valence-electron chi connectivity index (χ0n) is 11.6. The Hall–Kier alpha value is -2.80. The van der Waals surface area contributed by atoms with Gasteiger partial charge in [-0.05, 0) is 44.8 Å². The molecule has 0 saturated carbocycles. The van der Waals surface area contributed by atoms with E-state index in [1.165, 1.54) is 32.7 Å². The van der Waals surface area contributed by atoms with Crippen LogP contribution in [0.4, 0.5) is 5.69 Å². The molecule has 4 aromatic rings. The van der Waals surface area contributed by atoms with E-state index in [9.17, 15) is 0 Å². The predicted molar refractivity (Wildman–Crippen MR) is 91.3 cm³/mol. The molecule has 0 amide bonds. The first kappa shape index (κ1) is 12.0. The van der Waals surface area contributed by atoms with Crippen LogP contribution in [0.3, 0.4) is 0 Å². The van der Waals surface area contributed by atoms with Crippen molar-refractivity contribution >= 4 is 27.2 Å². The molecule has 0 spiro atoms. The summed E-state index contributed by atoms with van der Waals surface area (Å²) in [4.78, 5) is 0. The Kier molecular flexibility index (Phi) is 2.65. The summed E-state index contributed by atoms with van der Waals surface area (Å²) >= 11 is 0. The molecule has 4 rings (SSSR count). The Bertz CT molecular complexity index is 937. The van der Waals surface area contributed by atoms with Crippen molar-refractivity contribution in [3.05, 3.63) is 78.9 Å². The largest absolute Gasteiger partial charge is 0.399 e. The fourth-order valence-electron chi connectivity index (χ4n) is 2.95. The van der Waals surface area contributed by atoms with Crippen LogP contribution in [0.5, 0.6) is 0 Å². The van der Waals surface area contributed by atoms with E-state index < -0.39 is 0 Å². The lowest BCUT2D eigenvalue weighted by Gasteiger charge is -2.09. The average molecular weight is 269 g/mol. The van der Waals surface area contributed by atoms with E-state index in [-0.39, 0.29) is 0 Å². The van der Waals surface area contributed by atoms with Gasteiger partial charge in [0.05, 0.1) is 0 Å². The van der Waals surface area contributed by atoms with Gasteiger partial charge in [0.1, 0.15) is 0 Å². The minimum Gasteiger partial charge on any atom is -0.399 e. The Morgan fingerprint density at radius 1 is 0.524 bits per heavy atom. The summed E-state index contributed by atoms with van der Waals surface area (Å²) in [7, 11) is 0. The zero-order chi connectivity index (χ0) is 14.2. The maximum Gasteiger partial charge on any atom is 0.0314 e. The molecule has 1 heteroatoms. The Balaban J connectivity index is 2.06. The summed E-state index contributed by atoms with van der Waals surface area (Å²) < 4.78 is 0. The molecule has 0 bridgehead atoms. The Morgan fingerprint density at radius 2 is 1.29 bits per heavy atom. The lowest BCUT2D eigenvalue weighted by atomic mass is 9.95. The molecule has 2 N–H and O–H groups in total. The quantitative estimate of drug-likeness (QED) is 0.371. The van der Waals surface area contributed by atoms with Crippen LogP contribution in [0.15, 0.2) is 78.9 Å². The Labute approximate surface area is 123 Å². The summed E-state index contributed by atoms with van der Waals surface area (Å²) in [6, 6.07) is 27.5. The first-order chi connectivity index (χ1) is 10.3. The van der Waals surface area contributed by atoms with E-state index in [4.69, 9.17) is 5.73 Å². The topological polar surface area (TPSA) is 26.0 Å². The molecule has 0 fully saturated rings. The van der Waals surface area contributed by atoms with Gasteiger partial charge in [-0.15, -0.1) is 0 Å². The van der Waals surface area contributed by atoms with Crippen molar-refractivity contribution in [2.75, 3.05) is 5.73 Å². The van der Waals surface area contributed by atoms with E-state index in [1.807, 2.05) is 12.1 Å². The van der Waals surface area contributed by atoms with Gasteiger partial charge < -0.3 is 5.73 Å². The molecule has 0 unspecified atom stereocenters. The normalized spacial score (nSPS) is 11.0. The van der Waals surface area contributed by atoms with E-state index in [0.717, 1.165) is 5.69 Å². The van der Waals surface area contributed by atoms with Gasteiger partial charge in [0.25, 0.3) is 0 Å². The minimum atomic E-state index is 0.796. The molecule has 21 heavy (non-hydrogen) atoms. The first-order valence-corrected chi connectivity index (χ1v) is 7.09. The van der Waals surface area contributed by atoms with Crippen LogP contribution in [0, 0.1) is 0 Å². The maximum atomic E-state index is 5.79. The smallest absolute Gasteiger partial charge is 0.0314 e. The van der Waals surface area contributed by atoms with E-state index >= 15 is 0 Å². The van der Waals surface area contributed by atoms with Crippen molar-refractivity contribution < 1.29 is 0 Å². The molecule has 0 aliphatic carbocycles. The average Bonchev–Trinajstić information content (AvgIpc) is 2.55. The van der Waals surface area contributed by atoms with Gasteiger partial charge >= 0.3 is 0 Å². The number of rotatable bonds is 1. The number of benzene rings is 4. The van der Waals surface area contributed by atoms with E-state index in [1.54, 1.807) is 0 Å². The molecule has 0 radical (unpaired) electrons. The van der Waals surface area contributed by atoms with Crippen molar-refractivity contribution in [1.29, 1.82) is 0 Å². The molecule has 0 heterocycles. The second-order valence-corrected chi connectivity index (χ2v) is 5.31. The minimum absolute atomic E-state index is 0.796. The first-order valence-electron chi connectivity index (χ1n) is 7.09. The van der Waals surface area contributed by atoms with Gasteiger partial charge in [-0.1, -0.05) is 66.7 Å². The number of anilines is 1. The molecule has 0 atom stereocenters. The van der Waals surface area contributed by atoms with Crippen molar-refractivity contribution in [3.63, 3.8) is 0 Å². The summed E-state index contributed by atoms with van der Waals surface area (Å²) in [6.07, 6.45) is 0. The number of hydrogen-bond acceptors (Lipinski definition) is 1. The highest BCUT2D eigenvalue weighted by atomic mass is 14.5. The molecule has 0 aromatic heterocycles. The second kappa shape index (κ2) is 4.64. The summed E-state index contributed by atoms with van der Waals surface area (Å²) in [5.74, 6) is 0. The van der Waals surface area contributed by atoms with Crippen molar-refractivity contribution in [3.8, 4) is 11.1 Å². The fraction of sp³-hybridized carbons (Fsp3) is 0. The summed E-state index contributed by atoms with van der Waals surface area (Å²) in [5.41, 5.74) is 9.04. The molecule has 4 aromatic carbocycles. The predicted octanol–water partition coefficient (Wildman–Crippen LogP) is 5.24. The second-order valence-electron chi connectivity index (χ2n) is 5.31. The van der Waals surface area contributed by atoms with Crippen LogP contribution in [0.1, 0.15) is 0 Å². The van der Waals surface area contributed by atoms with Gasteiger partial charge in [0.15, 0.2) is 0 Å². The van der Waals surface area contributed by atoms with Gasteiger partial charge in [-0.25, -0.2) is 0 Å². The van der Waals surface area contributed by atoms with Crippen LogP contribution < -0.4 is 5.73 Å². The molecular formula is C20H15N. The van der Waals surface area contributed by atoms with Gasteiger partial charge in [0.2, 0.25) is 0 Å². The van der Waals surface area contributed by atoms with Gasteiger partial charge in [-0.2, -0.15) is 0 Å². The molecule has 0 saturated heterocycles. The number of nitrogen functional groups attached to an aromatic ring is 1. The highest BCUT2D eigenvalue weighted by molar-refractivity contribution is 6.11. The van der Waals surface area contributed by atoms with Crippen molar-refractivity contribution in [2.45, 2.75) is 0 Å². The molecule has 1 nitrogen and oxygen atoms in total. The maximum absolute atomic E-state index is 5.79. The highest BCUT2D eigenvalue weighted by Crippen LogP contribution is 2.33. The van der Waals surface area contributed by atoms with Crippen LogP contribution in [0.25, 0.3) is 32.7 Å². The van der Waals surface area contributed by atoms with Gasteiger partial charge in [-0.3, -0.25) is 0 Å². The number of hydrogen-bond donors (Lipinski definition) is 1. The monoisotopic (exact) mass is 269 g/mol. The third-order valence-electron chi connectivity index (χ3n) is 4.01. The highest BCUT2D eigenvalue weighted by Gasteiger charge is 2.06. The molecule has 0 aliphatic rings. The lowest BCUT2D eigenvalue weighted by molar-refractivity contribution is 1.65. The summed E-state index contributed by atoms with van der Waals surface area (Å²) in [6.45, 7) is 0. The van der Waals surface area contributed by atoms with Crippen LogP contribution in [-0.2, 0) is 0 Å². The molecule has 100 valence electrons. The van der Waals surface area contributed by atoms with E-state index in [0.29, 0.717) is 0 Å². The van der Waals surface area contributed by atoms with Crippen molar-refractivity contribution in [2.24, 2.45) is 0 Å². The SMILES string of the molecule is Nc1ccc(-c2cccc3c2ccc2ccccc23)cc1. The lowest BCUT2D eigenvalue weighted by Crippen LogP contribution is -1.86. The number of nitrogens with two attached hydrogens (primary N) is 1.